The lowest BCUT2D eigenvalue weighted by Crippen LogP contribution is -2.36. The number of nitrogens with zero attached hydrogens (tertiary/aromatic N) is 2. The number of benzene rings is 1. The number of Topliss-reactive ketones (excluding diaryl/α,β-unsaturated/α-hetero) is 1. The fourth-order valence-corrected chi connectivity index (χ4v) is 1.81. The Hall–Kier alpha value is -1.55. The van der Waals surface area contributed by atoms with Gasteiger partial charge in [-0.2, -0.15) is 0 Å². The van der Waals surface area contributed by atoms with E-state index in [2.05, 4.69) is 10.3 Å². The summed E-state index contributed by atoms with van der Waals surface area (Å²) in [5, 5.41) is 3.89. The second kappa shape index (κ2) is 5.19. The topological polar surface area (TPSA) is 44.7 Å². The molecular formula is C12H14ClN3O. The van der Waals surface area contributed by atoms with Gasteiger partial charge in [0.1, 0.15) is 5.78 Å². The summed E-state index contributed by atoms with van der Waals surface area (Å²) in [6.07, 6.45) is 0. The number of anilines is 1. The Labute approximate surface area is 105 Å². The molecule has 1 heterocycles. The molecule has 17 heavy (non-hydrogen) atoms. The molecule has 4 nitrogen and oxygen atoms in total. The first-order valence-corrected chi connectivity index (χ1v) is 5.84. The average Bonchev–Trinajstić information content (AvgIpc) is 2.68. The van der Waals surface area contributed by atoms with Gasteiger partial charge in [-0.05, 0) is 31.2 Å². The standard InChI is InChI=1S/C12H14ClN3O/c1-9(17)8-16-7-6-14-12(16)15-11-4-2-10(13)3-5-11/h2-5H,6-8H2,1H3,(H,14,15). The lowest BCUT2D eigenvalue weighted by atomic mass is 10.3. The Morgan fingerprint density at radius 2 is 2.18 bits per heavy atom. The van der Waals surface area contributed by atoms with Crippen LogP contribution in [0.1, 0.15) is 6.92 Å². The van der Waals surface area contributed by atoms with E-state index in [1.165, 1.54) is 0 Å². The van der Waals surface area contributed by atoms with E-state index in [4.69, 9.17) is 11.6 Å². The highest BCUT2D eigenvalue weighted by atomic mass is 35.5. The van der Waals surface area contributed by atoms with Crippen molar-refractivity contribution < 1.29 is 4.79 Å². The highest BCUT2D eigenvalue weighted by molar-refractivity contribution is 6.30. The van der Waals surface area contributed by atoms with Crippen LogP contribution in [0.3, 0.4) is 0 Å². The van der Waals surface area contributed by atoms with Crippen molar-refractivity contribution in [1.29, 1.82) is 0 Å². The summed E-state index contributed by atoms with van der Waals surface area (Å²) >= 11 is 5.81. The van der Waals surface area contributed by atoms with Gasteiger partial charge in [0.25, 0.3) is 0 Å². The number of carbonyl (C=O) groups excluding carboxylic acids is 1. The molecule has 1 aliphatic rings. The fourth-order valence-electron chi connectivity index (χ4n) is 1.69. The summed E-state index contributed by atoms with van der Waals surface area (Å²) in [7, 11) is 0. The van der Waals surface area contributed by atoms with Crippen molar-refractivity contribution in [2.75, 3.05) is 25.0 Å². The SMILES string of the molecule is CC(=O)CN1CCN=C1Nc1ccc(Cl)cc1. The monoisotopic (exact) mass is 251 g/mol. The van der Waals surface area contributed by atoms with Crippen LogP contribution in [0.25, 0.3) is 0 Å². The van der Waals surface area contributed by atoms with Gasteiger partial charge in [-0.25, -0.2) is 0 Å². The molecule has 1 N–H and O–H groups in total. The van der Waals surface area contributed by atoms with Crippen LogP contribution in [0.5, 0.6) is 0 Å². The molecule has 5 heteroatoms. The summed E-state index contributed by atoms with van der Waals surface area (Å²) in [5.41, 5.74) is 0.920. The van der Waals surface area contributed by atoms with E-state index in [1.807, 2.05) is 29.2 Å². The van der Waals surface area contributed by atoms with Gasteiger partial charge in [-0.1, -0.05) is 11.6 Å². The van der Waals surface area contributed by atoms with Crippen molar-refractivity contribution in [2.45, 2.75) is 6.92 Å². The van der Waals surface area contributed by atoms with Crippen LogP contribution in [0.2, 0.25) is 5.02 Å². The van der Waals surface area contributed by atoms with E-state index in [-0.39, 0.29) is 5.78 Å². The van der Waals surface area contributed by atoms with Crippen molar-refractivity contribution in [3.8, 4) is 0 Å². The lowest BCUT2D eigenvalue weighted by Gasteiger charge is -2.19. The van der Waals surface area contributed by atoms with Crippen LogP contribution in [0, 0.1) is 0 Å². The summed E-state index contributed by atoms with van der Waals surface area (Å²) in [6.45, 7) is 3.50. The number of hydrogen-bond acceptors (Lipinski definition) is 4. The molecule has 1 aliphatic heterocycles. The molecule has 0 aromatic heterocycles. The summed E-state index contributed by atoms with van der Waals surface area (Å²) in [6, 6.07) is 7.40. The molecule has 0 saturated heterocycles. The van der Waals surface area contributed by atoms with Gasteiger partial charge in [0.2, 0.25) is 0 Å². The van der Waals surface area contributed by atoms with Gasteiger partial charge >= 0.3 is 0 Å². The minimum Gasteiger partial charge on any atom is -0.334 e. The first-order valence-electron chi connectivity index (χ1n) is 5.46. The third-order valence-electron chi connectivity index (χ3n) is 2.44. The zero-order valence-electron chi connectivity index (χ0n) is 9.61. The quantitative estimate of drug-likeness (QED) is 0.894. The van der Waals surface area contributed by atoms with Gasteiger partial charge in [-0.15, -0.1) is 0 Å². The molecule has 0 unspecified atom stereocenters. The molecule has 0 atom stereocenters. The van der Waals surface area contributed by atoms with Crippen molar-refractivity contribution in [2.24, 2.45) is 4.99 Å². The molecule has 0 aliphatic carbocycles. The number of hydrogen-bond donors (Lipinski definition) is 1. The fraction of sp³-hybridized carbons (Fsp3) is 0.333. The Bertz CT molecular complexity index is 442. The Kier molecular flexibility index (Phi) is 3.64. The molecule has 0 bridgehead atoms. The maximum absolute atomic E-state index is 11.1. The smallest absolute Gasteiger partial charge is 0.198 e. The minimum atomic E-state index is 0.137. The Balaban J connectivity index is 2.02. The van der Waals surface area contributed by atoms with E-state index in [9.17, 15) is 4.79 Å². The number of carbonyl (C=O) groups is 1. The largest absolute Gasteiger partial charge is 0.334 e. The van der Waals surface area contributed by atoms with Crippen LogP contribution in [0.4, 0.5) is 5.69 Å². The van der Waals surface area contributed by atoms with Crippen molar-refractivity contribution in [3.63, 3.8) is 0 Å². The molecule has 1 aromatic carbocycles. The summed E-state index contributed by atoms with van der Waals surface area (Å²) < 4.78 is 0. The van der Waals surface area contributed by atoms with Gasteiger partial charge in [0, 0.05) is 17.3 Å². The van der Waals surface area contributed by atoms with Gasteiger partial charge < -0.3 is 10.2 Å². The Morgan fingerprint density at radius 1 is 1.47 bits per heavy atom. The van der Waals surface area contributed by atoms with E-state index in [0.717, 1.165) is 24.7 Å². The predicted molar refractivity (Wildman–Crippen MR) is 69.6 cm³/mol. The normalized spacial score (nSPS) is 14.7. The van der Waals surface area contributed by atoms with Crippen LogP contribution < -0.4 is 5.32 Å². The second-order valence-electron chi connectivity index (χ2n) is 3.96. The molecule has 0 radical (unpaired) electrons. The maximum Gasteiger partial charge on any atom is 0.198 e. The number of guanidine groups is 1. The average molecular weight is 252 g/mol. The van der Waals surface area contributed by atoms with E-state index in [1.54, 1.807) is 6.92 Å². The first-order chi connectivity index (χ1) is 8.15. The molecule has 0 saturated carbocycles. The van der Waals surface area contributed by atoms with Gasteiger partial charge in [0.15, 0.2) is 5.96 Å². The lowest BCUT2D eigenvalue weighted by molar-refractivity contribution is -0.117. The van der Waals surface area contributed by atoms with Gasteiger partial charge in [-0.3, -0.25) is 9.79 Å². The molecule has 90 valence electrons. The zero-order chi connectivity index (χ0) is 12.3. The van der Waals surface area contributed by atoms with E-state index < -0.39 is 0 Å². The number of ketones is 1. The van der Waals surface area contributed by atoms with Crippen molar-refractivity contribution in [1.82, 2.24) is 4.90 Å². The van der Waals surface area contributed by atoms with Crippen LogP contribution in [-0.2, 0) is 4.79 Å². The zero-order valence-corrected chi connectivity index (χ0v) is 10.4. The highest BCUT2D eigenvalue weighted by Gasteiger charge is 2.17. The number of rotatable bonds is 3. The molecular weight excluding hydrogens is 238 g/mol. The number of halogens is 1. The third kappa shape index (κ3) is 3.20. The third-order valence-corrected chi connectivity index (χ3v) is 2.70. The van der Waals surface area contributed by atoms with Crippen molar-refractivity contribution >= 4 is 29.0 Å². The van der Waals surface area contributed by atoms with E-state index in [0.29, 0.717) is 11.6 Å². The molecule has 0 amide bonds. The maximum atomic E-state index is 11.1. The predicted octanol–water partition coefficient (Wildman–Crippen LogP) is 2.01. The molecule has 1 aromatic rings. The second-order valence-corrected chi connectivity index (χ2v) is 4.40. The van der Waals surface area contributed by atoms with Crippen LogP contribution in [0.15, 0.2) is 29.3 Å². The first kappa shape index (κ1) is 11.9. The van der Waals surface area contributed by atoms with E-state index >= 15 is 0 Å². The minimum absolute atomic E-state index is 0.137. The molecule has 0 spiro atoms. The van der Waals surface area contributed by atoms with Crippen LogP contribution >= 0.6 is 11.6 Å². The molecule has 0 fully saturated rings. The molecule has 2 rings (SSSR count). The van der Waals surface area contributed by atoms with Crippen molar-refractivity contribution in [3.05, 3.63) is 29.3 Å². The number of aliphatic imine (C=N–C) groups is 1. The highest BCUT2D eigenvalue weighted by Crippen LogP contribution is 2.14. The van der Waals surface area contributed by atoms with Crippen LogP contribution in [-0.4, -0.2) is 36.3 Å². The number of nitrogens with one attached hydrogen (secondary N) is 1. The summed E-state index contributed by atoms with van der Waals surface area (Å²) in [5.74, 6) is 0.889. The summed E-state index contributed by atoms with van der Waals surface area (Å²) in [4.78, 5) is 17.4. The van der Waals surface area contributed by atoms with Gasteiger partial charge in [0.05, 0.1) is 13.1 Å². The Morgan fingerprint density at radius 3 is 2.82 bits per heavy atom.